The maximum absolute atomic E-state index is 13.8. The molecular weight excluding hydrogens is 483 g/mol. The van der Waals surface area contributed by atoms with Gasteiger partial charge >= 0.3 is 5.97 Å². The number of benzene rings is 2. The van der Waals surface area contributed by atoms with Crippen molar-refractivity contribution in [2.45, 2.75) is 20.0 Å². The number of aryl methyl sites for hydroxylation is 1. The zero-order valence-electron chi connectivity index (χ0n) is 17.4. The van der Waals surface area contributed by atoms with E-state index in [1.807, 2.05) is 11.4 Å². The van der Waals surface area contributed by atoms with Gasteiger partial charge in [0.05, 0.1) is 5.56 Å². The third-order valence-electron chi connectivity index (χ3n) is 4.77. The number of thiophene rings is 1. The van der Waals surface area contributed by atoms with E-state index in [4.69, 9.17) is 9.47 Å². The molecular formula is C23H13F5O5S. The molecule has 0 saturated carbocycles. The Morgan fingerprint density at radius 1 is 1.06 bits per heavy atom. The molecule has 176 valence electrons. The lowest BCUT2D eigenvalue weighted by molar-refractivity contribution is -0.141. The molecule has 0 bridgehead atoms. The second-order valence-corrected chi connectivity index (χ2v) is 8.13. The molecule has 34 heavy (non-hydrogen) atoms. The van der Waals surface area contributed by atoms with E-state index in [1.165, 1.54) is 23.5 Å². The van der Waals surface area contributed by atoms with Crippen molar-refractivity contribution in [3.05, 3.63) is 80.5 Å². The maximum Gasteiger partial charge on any atom is 0.352 e. The lowest BCUT2D eigenvalue weighted by Crippen LogP contribution is -2.29. The SMILES string of the molecule is Cc1cc(OC(=O)C(C)Oc2c(F)c(F)c(F)c(F)c2F)cc2c1C(=O)/C(=C/c1cccs1)O2. The van der Waals surface area contributed by atoms with Crippen molar-refractivity contribution in [1.82, 2.24) is 0 Å². The molecule has 0 fully saturated rings. The van der Waals surface area contributed by atoms with Crippen LogP contribution in [0.3, 0.4) is 0 Å². The van der Waals surface area contributed by atoms with E-state index < -0.39 is 46.9 Å². The van der Waals surface area contributed by atoms with Crippen LogP contribution in [0.25, 0.3) is 6.08 Å². The van der Waals surface area contributed by atoms with Gasteiger partial charge in [0.1, 0.15) is 11.5 Å². The Labute approximate surface area is 193 Å². The van der Waals surface area contributed by atoms with Crippen molar-refractivity contribution in [2.24, 2.45) is 0 Å². The van der Waals surface area contributed by atoms with Gasteiger partial charge in [-0.1, -0.05) is 6.07 Å². The Kier molecular flexibility index (Phi) is 6.13. The number of hydrogen-bond acceptors (Lipinski definition) is 6. The Bertz CT molecular complexity index is 1320. The summed E-state index contributed by atoms with van der Waals surface area (Å²) < 4.78 is 82.9. The summed E-state index contributed by atoms with van der Waals surface area (Å²) in [4.78, 5) is 25.8. The van der Waals surface area contributed by atoms with Gasteiger partial charge in [-0.05, 0) is 36.9 Å². The summed E-state index contributed by atoms with van der Waals surface area (Å²) in [5.74, 6) is -14.3. The number of fused-ring (bicyclic) bond motifs is 1. The fourth-order valence-corrected chi connectivity index (χ4v) is 3.80. The minimum Gasteiger partial charge on any atom is -0.473 e. The molecule has 1 aliphatic heterocycles. The number of halogens is 5. The van der Waals surface area contributed by atoms with Gasteiger partial charge in [0.2, 0.25) is 34.9 Å². The molecule has 0 saturated heterocycles. The van der Waals surface area contributed by atoms with Crippen molar-refractivity contribution in [1.29, 1.82) is 0 Å². The molecule has 1 aliphatic rings. The Hall–Kier alpha value is -3.73. The van der Waals surface area contributed by atoms with Gasteiger partial charge in [0.15, 0.2) is 17.6 Å². The summed E-state index contributed by atoms with van der Waals surface area (Å²) >= 11 is 1.40. The number of ether oxygens (including phenoxy) is 3. The molecule has 0 N–H and O–H groups in total. The second-order valence-electron chi connectivity index (χ2n) is 7.15. The van der Waals surface area contributed by atoms with E-state index in [0.717, 1.165) is 11.8 Å². The van der Waals surface area contributed by atoms with E-state index >= 15 is 0 Å². The zero-order chi connectivity index (χ0) is 24.7. The molecule has 0 spiro atoms. The fraction of sp³-hybridized carbons (Fsp3) is 0.130. The van der Waals surface area contributed by atoms with Gasteiger partial charge in [-0.3, -0.25) is 4.79 Å². The van der Waals surface area contributed by atoms with Gasteiger partial charge < -0.3 is 14.2 Å². The van der Waals surface area contributed by atoms with Crippen LogP contribution in [-0.4, -0.2) is 17.9 Å². The number of carbonyl (C=O) groups excluding carboxylic acids is 2. The smallest absolute Gasteiger partial charge is 0.352 e. The Balaban J connectivity index is 1.53. The predicted octanol–water partition coefficient (Wildman–Crippen LogP) is 5.74. The quantitative estimate of drug-likeness (QED) is 0.113. The average Bonchev–Trinajstić information content (AvgIpc) is 3.42. The molecule has 1 atom stereocenters. The molecule has 0 radical (unpaired) electrons. The van der Waals surface area contributed by atoms with Crippen molar-refractivity contribution in [2.75, 3.05) is 0 Å². The molecule has 2 heterocycles. The average molecular weight is 496 g/mol. The monoisotopic (exact) mass is 496 g/mol. The Morgan fingerprint density at radius 3 is 2.32 bits per heavy atom. The summed E-state index contributed by atoms with van der Waals surface area (Å²) in [6.45, 7) is 2.59. The predicted molar refractivity (Wildman–Crippen MR) is 110 cm³/mol. The van der Waals surface area contributed by atoms with Gasteiger partial charge in [-0.25, -0.2) is 18.0 Å². The number of esters is 1. The number of Topliss-reactive ketones (excluding diaryl/α,β-unsaturated/α-hetero) is 1. The van der Waals surface area contributed by atoms with E-state index in [0.29, 0.717) is 5.56 Å². The normalized spacial score (nSPS) is 14.7. The van der Waals surface area contributed by atoms with Crippen LogP contribution in [-0.2, 0) is 4.79 Å². The van der Waals surface area contributed by atoms with Gasteiger partial charge in [-0.15, -0.1) is 11.3 Å². The standard InChI is InChI=1S/C23H13F5O5S/c1-9-6-11(7-13-15(9)21(29)14(33-13)8-12-4-3-5-34-12)32-23(30)10(2)31-22-19(27)17(25)16(24)18(26)20(22)28/h3-8,10H,1-2H3/b14-8-. The Morgan fingerprint density at radius 2 is 1.71 bits per heavy atom. The van der Waals surface area contributed by atoms with Crippen molar-refractivity contribution in [3.8, 4) is 17.2 Å². The van der Waals surface area contributed by atoms with E-state index in [9.17, 15) is 31.5 Å². The van der Waals surface area contributed by atoms with Crippen LogP contribution in [0.15, 0.2) is 35.4 Å². The zero-order valence-corrected chi connectivity index (χ0v) is 18.2. The number of carbonyl (C=O) groups is 2. The second kappa shape index (κ2) is 8.90. The molecule has 3 aromatic rings. The van der Waals surface area contributed by atoms with Crippen LogP contribution in [0.4, 0.5) is 22.0 Å². The summed E-state index contributed by atoms with van der Waals surface area (Å²) in [6.07, 6.45) is -0.184. The molecule has 2 aromatic carbocycles. The molecule has 0 amide bonds. The highest BCUT2D eigenvalue weighted by Gasteiger charge is 2.32. The van der Waals surface area contributed by atoms with E-state index in [2.05, 4.69) is 4.74 Å². The summed E-state index contributed by atoms with van der Waals surface area (Å²) in [5.41, 5.74) is 0.696. The molecule has 1 unspecified atom stereocenters. The third kappa shape index (κ3) is 4.14. The van der Waals surface area contributed by atoms with E-state index in [1.54, 1.807) is 19.1 Å². The topological polar surface area (TPSA) is 61.8 Å². The summed E-state index contributed by atoms with van der Waals surface area (Å²) in [5, 5.41) is 1.83. The van der Waals surface area contributed by atoms with Crippen LogP contribution in [0.5, 0.6) is 17.2 Å². The highest BCUT2D eigenvalue weighted by molar-refractivity contribution is 7.10. The minimum absolute atomic E-state index is 0.0760. The van der Waals surface area contributed by atoms with E-state index in [-0.39, 0.29) is 28.6 Å². The number of rotatable bonds is 5. The van der Waals surface area contributed by atoms with Crippen LogP contribution < -0.4 is 14.2 Å². The first kappa shape index (κ1) is 23.4. The summed E-state index contributed by atoms with van der Waals surface area (Å²) in [7, 11) is 0. The summed E-state index contributed by atoms with van der Waals surface area (Å²) in [6, 6.07) is 6.22. The lowest BCUT2D eigenvalue weighted by atomic mass is 10.0. The van der Waals surface area contributed by atoms with Crippen molar-refractivity contribution < 1.29 is 45.8 Å². The number of hydrogen-bond donors (Lipinski definition) is 0. The number of ketones is 1. The van der Waals surface area contributed by atoms with Crippen LogP contribution in [0.2, 0.25) is 0 Å². The van der Waals surface area contributed by atoms with Gasteiger partial charge in [0, 0.05) is 17.0 Å². The molecule has 4 rings (SSSR count). The highest BCUT2D eigenvalue weighted by Crippen LogP contribution is 2.38. The van der Waals surface area contributed by atoms with Crippen molar-refractivity contribution >= 4 is 29.2 Å². The van der Waals surface area contributed by atoms with Crippen LogP contribution in [0, 0.1) is 36.0 Å². The van der Waals surface area contributed by atoms with Crippen LogP contribution in [0.1, 0.15) is 27.7 Å². The van der Waals surface area contributed by atoms with Gasteiger partial charge in [0.25, 0.3) is 0 Å². The molecule has 0 aliphatic carbocycles. The lowest BCUT2D eigenvalue weighted by Gasteiger charge is -2.16. The largest absolute Gasteiger partial charge is 0.473 e. The molecule has 11 heteroatoms. The van der Waals surface area contributed by atoms with Crippen LogP contribution >= 0.6 is 11.3 Å². The third-order valence-corrected chi connectivity index (χ3v) is 5.59. The number of allylic oxidation sites excluding steroid dienone is 1. The fourth-order valence-electron chi connectivity index (χ4n) is 3.15. The minimum atomic E-state index is -2.35. The first-order valence-electron chi connectivity index (χ1n) is 9.60. The van der Waals surface area contributed by atoms with Gasteiger partial charge in [-0.2, -0.15) is 8.78 Å². The first-order valence-corrected chi connectivity index (χ1v) is 10.5. The maximum atomic E-state index is 13.8. The first-order chi connectivity index (χ1) is 16.1. The molecule has 5 nitrogen and oxygen atoms in total. The highest BCUT2D eigenvalue weighted by atomic mass is 32.1. The molecule has 1 aromatic heterocycles. The van der Waals surface area contributed by atoms with Crippen molar-refractivity contribution in [3.63, 3.8) is 0 Å².